The molecule has 0 spiro atoms. The van der Waals surface area contributed by atoms with Crippen LogP contribution in [0.3, 0.4) is 0 Å². The minimum absolute atomic E-state index is 0.108. The molecule has 0 aromatic carbocycles. The molecule has 1 aromatic heterocycles. The highest BCUT2D eigenvalue weighted by Crippen LogP contribution is 2.30. The summed E-state index contributed by atoms with van der Waals surface area (Å²) < 4.78 is 39.4. The highest BCUT2D eigenvalue weighted by Gasteiger charge is 2.37. The lowest BCUT2D eigenvalue weighted by atomic mass is 9.96. The Balaban J connectivity index is 2.25. The van der Waals surface area contributed by atoms with E-state index in [9.17, 15) is 18.0 Å². The average Bonchev–Trinajstić information content (AvgIpc) is 2.79. The molecule has 1 saturated heterocycles. The summed E-state index contributed by atoms with van der Waals surface area (Å²) in [5.41, 5.74) is -0.616. The zero-order valence-corrected chi connectivity index (χ0v) is 13.3. The summed E-state index contributed by atoms with van der Waals surface area (Å²) in [6.07, 6.45) is -1.58. The van der Waals surface area contributed by atoms with E-state index in [2.05, 4.69) is 5.10 Å². The quantitative estimate of drug-likeness (QED) is 0.836. The molecule has 0 aliphatic carbocycles. The molecule has 124 valence electrons. The van der Waals surface area contributed by atoms with Gasteiger partial charge in [-0.2, -0.15) is 18.3 Å². The lowest BCUT2D eigenvalue weighted by Crippen LogP contribution is -2.50. The smallest absolute Gasteiger partial charge is 0.335 e. The molecular formula is C15H22F3N3O. The monoisotopic (exact) mass is 317 g/mol. The number of nitrogens with zero attached hydrogens (tertiary/aromatic N) is 3. The molecule has 3 atom stereocenters. The standard InChI is InChI=1S/C15H22F3N3O/c1-9-6-5-7-10(2)20(9)14(22)12(4)21-11(3)8-13(19-21)15(16,17)18/h8-10,12H,5-7H2,1-4H3. The van der Waals surface area contributed by atoms with Crippen LogP contribution in [0.5, 0.6) is 0 Å². The Morgan fingerprint density at radius 2 is 1.86 bits per heavy atom. The predicted molar refractivity (Wildman–Crippen MR) is 76.3 cm³/mol. The van der Waals surface area contributed by atoms with Gasteiger partial charge in [-0.25, -0.2) is 0 Å². The van der Waals surface area contributed by atoms with Gasteiger partial charge in [0.05, 0.1) is 0 Å². The number of rotatable bonds is 2. The van der Waals surface area contributed by atoms with Gasteiger partial charge in [-0.3, -0.25) is 9.48 Å². The highest BCUT2D eigenvalue weighted by atomic mass is 19.4. The van der Waals surface area contributed by atoms with Crippen LogP contribution in [0.15, 0.2) is 6.07 Å². The van der Waals surface area contributed by atoms with Gasteiger partial charge in [0.2, 0.25) is 5.91 Å². The van der Waals surface area contributed by atoms with E-state index in [1.54, 1.807) is 11.8 Å². The van der Waals surface area contributed by atoms with Crippen molar-refractivity contribution < 1.29 is 18.0 Å². The number of carbonyl (C=O) groups excluding carboxylic acids is 1. The van der Waals surface area contributed by atoms with Crippen molar-refractivity contribution in [2.24, 2.45) is 0 Å². The Hall–Kier alpha value is -1.53. The molecule has 22 heavy (non-hydrogen) atoms. The number of hydrogen-bond acceptors (Lipinski definition) is 2. The van der Waals surface area contributed by atoms with Gasteiger partial charge in [-0.05, 0) is 53.0 Å². The molecule has 0 N–H and O–H groups in total. The lowest BCUT2D eigenvalue weighted by molar-refractivity contribution is -0.144. The summed E-state index contributed by atoms with van der Waals surface area (Å²) in [6, 6.07) is 0.458. The van der Waals surface area contributed by atoms with Crippen LogP contribution in [-0.4, -0.2) is 32.7 Å². The Kier molecular flexibility index (Phi) is 4.54. The van der Waals surface area contributed by atoms with Gasteiger partial charge in [0.25, 0.3) is 0 Å². The maximum absolute atomic E-state index is 12.8. The van der Waals surface area contributed by atoms with Gasteiger partial charge in [-0.1, -0.05) is 0 Å². The van der Waals surface area contributed by atoms with Crippen molar-refractivity contribution in [2.45, 2.75) is 71.3 Å². The number of halogens is 3. The molecule has 1 amide bonds. The van der Waals surface area contributed by atoms with Crippen LogP contribution in [0.1, 0.15) is 57.5 Å². The molecule has 0 radical (unpaired) electrons. The van der Waals surface area contributed by atoms with E-state index >= 15 is 0 Å². The van der Waals surface area contributed by atoms with Gasteiger partial charge in [0.15, 0.2) is 5.69 Å². The second kappa shape index (κ2) is 5.93. The van der Waals surface area contributed by atoms with Crippen LogP contribution in [-0.2, 0) is 11.0 Å². The van der Waals surface area contributed by atoms with E-state index < -0.39 is 17.9 Å². The number of piperidine rings is 1. The normalized spacial score (nSPS) is 24.4. The van der Waals surface area contributed by atoms with Gasteiger partial charge in [-0.15, -0.1) is 0 Å². The second-order valence-corrected chi connectivity index (χ2v) is 6.16. The summed E-state index contributed by atoms with van der Waals surface area (Å²) in [7, 11) is 0. The predicted octanol–water partition coefficient (Wildman–Crippen LogP) is 3.56. The molecule has 1 aliphatic rings. The van der Waals surface area contributed by atoms with Gasteiger partial charge >= 0.3 is 6.18 Å². The van der Waals surface area contributed by atoms with Crippen molar-refractivity contribution >= 4 is 5.91 Å². The van der Waals surface area contributed by atoms with Crippen molar-refractivity contribution in [3.8, 4) is 0 Å². The first-order valence-electron chi connectivity index (χ1n) is 7.58. The Morgan fingerprint density at radius 1 is 1.32 bits per heavy atom. The van der Waals surface area contributed by atoms with Crippen LogP contribution in [0.2, 0.25) is 0 Å². The Bertz CT molecular complexity index is 543. The summed E-state index contributed by atoms with van der Waals surface area (Å²) in [6.45, 7) is 7.11. The van der Waals surface area contributed by atoms with Gasteiger partial charge < -0.3 is 4.90 Å². The zero-order chi connectivity index (χ0) is 16.7. The molecular weight excluding hydrogens is 295 g/mol. The van der Waals surface area contributed by atoms with E-state index in [0.29, 0.717) is 5.69 Å². The number of aromatic nitrogens is 2. The first kappa shape index (κ1) is 16.8. The lowest BCUT2D eigenvalue weighted by Gasteiger charge is -2.40. The minimum Gasteiger partial charge on any atom is -0.335 e. The Morgan fingerprint density at radius 3 is 2.32 bits per heavy atom. The SMILES string of the molecule is Cc1cc(C(F)(F)F)nn1C(C)C(=O)N1C(C)CCCC1C. The fourth-order valence-electron chi connectivity index (χ4n) is 3.19. The number of amides is 1. The van der Waals surface area contributed by atoms with E-state index in [4.69, 9.17) is 0 Å². The molecule has 2 heterocycles. The fraction of sp³-hybridized carbons (Fsp3) is 0.733. The van der Waals surface area contributed by atoms with E-state index in [1.807, 2.05) is 13.8 Å². The third kappa shape index (κ3) is 3.13. The van der Waals surface area contributed by atoms with Gasteiger partial charge in [0.1, 0.15) is 6.04 Å². The largest absolute Gasteiger partial charge is 0.435 e. The summed E-state index contributed by atoms with van der Waals surface area (Å²) in [5, 5.41) is 3.59. The van der Waals surface area contributed by atoms with Crippen LogP contribution >= 0.6 is 0 Å². The van der Waals surface area contributed by atoms with Crippen molar-refractivity contribution in [2.75, 3.05) is 0 Å². The molecule has 3 unspecified atom stereocenters. The average molecular weight is 317 g/mol. The number of alkyl halides is 3. The first-order valence-corrected chi connectivity index (χ1v) is 7.58. The number of hydrogen-bond donors (Lipinski definition) is 0. The molecule has 1 aromatic rings. The summed E-state index contributed by atoms with van der Waals surface area (Å²) in [4.78, 5) is 14.5. The van der Waals surface area contributed by atoms with Crippen molar-refractivity contribution in [3.63, 3.8) is 0 Å². The maximum Gasteiger partial charge on any atom is 0.435 e. The number of carbonyl (C=O) groups is 1. The molecule has 2 rings (SSSR count). The van der Waals surface area contributed by atoms with Gasteiger partial charge in [0, 0.05) is 17.8 Å². The molecule has 0 bridgehead atoms. The fourth-order valence-corrected chi connectivity index (χ4v) is 3.19. The van der Waals surface area contributed by atoms with E-state index in [1.165, 1.54) is 11.6 Å². The minimum atomic E-state index is -4.50. The number of aryl methyl sites for hydroxylation is 1. The molecule has 0 saturated carbocycles. The van der Waals surface area contributed by atoms with E-state index in [-0.39, 0.29) is 18.0 Å². The number of likely N-dealkylation sites (tertiary alicyclic amines) is 1. The van der Waals surface area contributed by atoms with Crippen LogP contribution in [0, 0.1) is 6.92 Å². The van der Waals surface area contributed by atoms with Crippen LogP contribution in [0.4, 0.5) is 13.2 Å². The Labute approximate surface area is 128 Å². The van der Waals surface area contributed by atoms with Crippen molar-refractivity contribution in [1.82, 2.24) is 14.7 Å². The maximum atomic E-state index is 12.8. The molecule has 4 nitrogen and oxygen atoms in total. The third-order valence-corrected chi connectivity index (χ3v) is 4.39. The van der Waals surface area contributed by atoms with Crippen LogP contribution in [0.25, 0.3) is 0 Å². The van der Waals surface area contributed by atoms with Crippen molar-refractivity contribution in [3.05, 3.63) is 17.5 Å². The topological polar surface area (TPSA) is 38.1 Å². The highest BCUT2D eigenvalue weighted by molar-refractivity contribution is 5.80. The van der Waals surface area contributed by atoms with Crippen LogP contribution < -0.4 is 0 Å². The zero-order valence-electron chi connectivity index (χ0n) is 13.3. The summed E-state index contributed by atoms with van der Waals surface area (Å²) >= 11 is 0. The molecule has 1 fully saturated rings. The molecule has 1 aliphatic heterocycles. The van der Waals surface area contributed by atoms with Crippen molar-refractivity contribution in [1.29, 1.82) is 0 Å². The third-order valence-electron chi connectivity index (χ3n) is 4.39. The summed E-state index contributed by atoms with van der Waals surface area (Å²) in [5.74, 6) is -0.167. The first-order chi connectivity index (χ1) is 10.1. The second-order valence-electron chi connectivity index (χ2n) is 6.16. The van der Waals surface area contributed by atoms with E-state index in [0.717, 1.165) is 25.3 Å². The molecule has 7 heteroatoms.